The van der Waals surface area contributed by atoms with E-state index in [1.165, 1.54) is 27.7 Å². The van der Waals surface area contributed by atoms with Gasteiger partial charge in [-0.15, -0.1) is 0 Å². The summed E-state index contributed by atoms with van der Waals surface area (Å²) in [5.74, 6) is 0.570. The Kier molecular flexibility index (Phi) is 4.94. The van der Waals surface area contributed by atoms with Crippen molar-refractivity contribution in [3.63, 3.8) is 0 Å². The first-order valence-electron chi connectivity index (χ1n) is 10.1. The molecule has 1 aliphatic heterocycles. The highest BCUT2D eigenvalue weighted by Crippen LogP contribution is 2.41. The quantitative estimate of drug-likeness (QED) is 0.439. The van der Waals surface area contributed by atoms with Crippen LogP contribution in [0.5, 0.6) is 5.75 Å². The third kappa shape index (κ3) is 3.18. The molecule has 0 amide bonds. The lowest BCUT2D eigenvalue weighted by Crippen LogP contribution is -2.26. The minimum absolute atomic E-state index is 0.206. The second-order valence-electron chi connectivity index (χ2n) is 8.41. The average Bonchev–Trinajstić information content (AvgIpc) is 2.91. The van der Waals surface area contributed by atoms with Gasteiger partial charge in [-0.1, -0.05) is 30.3 Å². The van der Waals surface area contributed by atoms with E-state index in [2.05, 4.69) is 93.0 Å². The highest BCUT2D eigenvalue weighted by Gasteiger charge is 2.43. The summed E-state index contributed by atoms with van der Waals surface area (Å²) in [6.45, 7) is 4.88. The molecule has 1 heterocycles. The Hall–Kier alpha value is -3.40. The van der Waals surface area contributed by atoms with Gasteiger partial charge < -0.3 is 9.64 Å². The van der Waals surface area contributed by atoms with Crippen LogP contribution in [-0.4, -0.2) is 37.9 Å². The van der Waals surface area contributed by atoms with Crippen LogP contribution >= 0.6 is 0 Å². The van der Waals surface area contributed by atoms with Crippen molar-refractivity contribution >= 4 is 40.4 Å². The van der Waals surface area contributed by atoms with Crippen molar-refractivity contribution in [2.75, 3.05) is 26.0 Å². The second kappa shape index (κ2) is 7.45. The molecule has 0 atom stereocenters. The van der Waals surface area contributed by atoms with E-state index in [0.717, 1.165) is 11.3 Å². The fourth-order valence-electron chi connectivity index (χ4n) is 4.45. The van der Waals surface area contributed by atoms with E-state index < -0.39 is 0 Å². The van der Waals surface area contributed by atoms with Crippen molar-refractivity contribution in [1.82, 2.24) is 0 Å². The van der Waals surface area contributed by atoms with Gasteiger partial charge in [0.25, 0.3) is 6.47 Å². The Labute approximate surface area is 177 Å². The van der Waals surface area contributed by atoms with Gasteiger partial charge in [0.1, 0.15) is 12.8 Å². The maximum Gasteiger partial charge on any atom is 0.298 e. The number of hydrogen-bond donors (Lipinski definition) is 0. The second-order valence-corrected chi connectivity index (χ2v) is 8.41. The van der Waals surface area contributed by atoms with Crippen LogP contribution in [0.3, 0.4) is 0 Å². The van der Waals surface area contributed by atoms with Crippen LogP contribution < -0.4 is 9.64 Å². The minimum Gasteiger partial charge on any atom is -0.429 e. The standard InChI is InChI=1S/C26H27N2O2/c1-26(2)22-16-19(30-17-29)12-14-24(22)28(5)25(26)15-11-18-10-13-23(27(3)4)21-9-7-6-8-20(18)21/h6-17H,1-5H3/q+1. The van der Waals surface area contributed by atoms with Gasteiger partial charge in [0, 0.05) is 42.9 Å². The van der Waals surface area contributed by atoms with E-state index in [4.69, 9.17) is 4.74 Å². The van der Waals surface area contributed by atoms with Crippen LogP contribution in [0.1, 0.15) is 25.0 Å². The van der Waals surface area contributed by atoms with E-state index in [-0.39, 0.29) is 5.41 Å². The number of fused-ring (bicyclic) bond motifs is 2. The zero-order valence-corrected chi connectivity index (χ0v) is 18.1. The molecular formula is C26H27N2O2+. The van der Waals surface area contributed by atoms with E-state index in [1.54, 1.807) is 0 Å². The van der Waals surface area contributed by atoms with E-state index in [1.807, 2.05) is 18.2 Å². The molecule has 0 unspecified atom stereocenters. The van der Waals surface area contributed by atoms with E-state index in [9.17, 15) is 4.79 Å². The highest BCUT2D eigenvalue weighted by molar-refractivity contribution is 6.07. The molecule has 4 heteroatoms. The summed E-state index contributed by atoms with van der Waals surface area (Å²) in [5, 5.41) is 2.48. The van der Waals surface area contributed by atoms with Crippen molar-refractivity contribution in [3.05, 3.63) is 71.8 Å². The Balaban J connectivity index is 1.77. The molecule has 4 rings (SSSR count). The van der Waals surface area contributed by atoms with Crippen LogP contribution in [0.15, 0.2) is 60.7 Å². The smallest absolute Gasteiger partial charge is 0.298 e. The normalized spacial score (nSPS) is 15.0. The lowest BCUT2D eigenvalue weighted by atomic mass is 9.81. The molecule has 0 fully saturated rings. The molecule has 0 radical (unpaired) electrons. The molecule has 3 aromatic rings. The van der Waals surface area contributed by atoms with E-state index >= 15 is 0 Å². The molecule has 0 bridgehead atoms. The highest BCUT2D eigenvalue weighted by atomic mass is 16.5. The number of allylic oxidation sites excluding steroid dienone is 1. The molecule has 0 saturated heterocycles. The third-order valence-electron chi connectivity index (χ3n) is 6.03. The molecular weight excluding hydrogens is 372 g/mol. The molecule has 4 nitrogen and oxygen atoms in total. The molecule has 1 aliphatic rings. The lowest BCUT2D eigenvalue weighted by Gasteiger charge is -2.17. The van der Waals surface area contributed by atoms with Crippen molar-refractivity contribution in [2.24, 2.45) is 0 Å². The van der Waals surface area contributed by atoms with Crippen molar-refractivity contribution < 1.29 is 14.1 Å². The molecule has 0 aliphatic carbocycles. The van der Waals surface area contributed by atoms with Crippen molar-refractivity contribution in [3.8, 4) is 5.75 Å². The lowest BCUT2D eigenvalue weighted by molar-refractivity contribution is -0.401. The fourth-order valence-corrected chi connectivity index (χ4v) is 4.45. The number of anilines is 1. The SMILES string of the molecule is CN(C)c1ccc(/C=C/C2=[N+](C)c3ccc(OC=O)cc3C2(C)C)c2ccccc12. The average molecular weight is 400 g/mol. The van der Waals surface area contributed by atoms with Crippen molar-refractivity contribution in [2.45, 2.75) is 19.3 Å². The van der Waals surface area contributed by atoms with Gasteiger partial charge in [-0.25, -0.2) is 0 Å². The summed E-state index contributed by atoms with van der Waals surface area (Å²) < 4.78 is 7.29. The van der Waals surface area contributed by atoms with Crippen LogP contribution in [0, 0.1) is 0 Å². The zero-order chi connectivity index (χ0) is 21.5. The maximum atomic E-state index is 10.7. The first-order valence-corrected chi connectivity index (χ1v) is 10.1. The summed E-state index contributed by atoms with van der Waals surface area (Å²) in [5.41, 5.74) is 5.67. The number of hydrogen-bond acceptors (Lipinski definition) is 3. The third-order valence-corrected chi connectivity index (χ3v) is 6.03. The van der Waals surface area contributed by atoms with Crippen LogP contribution in [-0.2, 0) is 10.2 Å². The number of carbonyl (C=O) groups is 1. The molecule has 30 heavy (non-hydrogen) atoms. The van der Waals surface area contributed by atoms with Crippen molar-refractivity contribution in [1.29, 1.82) is 0 Å². The molecule has 152 valence electrons. The molecule has 0 spiro atoms. The molecule has 0 aromatic heterocycles. The first-order chi connectivity index (χ1) is 14.3. The Bertz CT molecular complexity index is 1200. The number of nitrogens with zero attached hydrogens (tertiary/aromatic N) is 2. The van der Waals surface area contributed by atoms with E-state index in [0.29, 0.717) is 12.2 Å². The van der Waals surface area contributed by atoms with Gasteiger partial charge in [-0.3, -0.25) is 4.79 Å². The fraction of sp³-hybridized carbons (Fsp3) is 0.231. The minimum atomic E-state index is -0.206. The zero-order valence-electron chi connectivity index (χ0n) is 18.1. The molecule has 3 aromatic carbocycles. The van der Waals surface area contributed by atoms with Gasteiger partial charge >= 0.3 is 0 Å². The van der Waals surface area contributed by atoms with Crippen LogP contribution in [0.2, 0.25) is 0 Å². The number of rotatable bonds is 5. The summed E-state index contributed by atoms with van der Waals surface area (Å²) in [6, 6.07) is 18.7. The van der Waals surface area contributed by atoms with Gasteiger partial charge in [0.15, 0.2) is 5.71 Å². The molecule has 0 N–H and O–H groups in total. The monoisotopic (exact) mass is 399 g/mol. The first kappa shape index (κ1) is 19.9. The van der Waals surface area contributed by atoms with Gasteiger partial charge in [0.2, 0.25) is 5.69 Å². The van der Waals surface area contributed by atoms with Gasteiger partial charge in [-0.05, 0) is 49.1 Å². The Morgan fingerprint density at radius 3 is 2.40 bits per heavy atom. The Morgan fingerprint density at radius 1 is 0.967 bits per heavy atom. The predicted molar refractivity (Wildman–Crippen MR) is 124 cm³/mol. The Morgan fingerprint density at radius 2 is 1.70 bits per heavy atom. The maximum absolute atomic E-state index is 10.7. The molecule has 0 saturated carbocycles. The van der Waals surface area contributed by atoms with Gasteiger partial charge in [-0.2, -0.15) is 4.58 Å². The van der Waals surface area contributed by atoms with Crippen LogP contribution in [0.25, 0.3) is 16.8 Å². The van der Waals surface area contributed by atoms with Crippen LogP contribution in [0.4, 0.5) is 11.4 Å². The predicted octanol–water partition coefficient (Wildman–Crippen LogP) is 5.16. The van der Waals surface area contributed by atoms with Gasteiger partial charge in [0.05, 0.1) is 5.41 Å². The number of carbonyl (C=O) groups excluding carboxylic acids is 1. The number of benzene rings is 3. The topological polar surface area (TPSA) is 32.5 Å². The number of ether oxygens (including phenoxy) is 1. The largest absolute Gasteiger partial charge is 0.429 e. The summed E-state index contributed by atoms with van der Waals surface area (Å²) in [4.78, 5) is 12.9. The summed E-state index contributed by atoms with van der Waals surface area (Å²) >= 11 is 0. The summed E-state index contributed by atoms with van der Waals surface area (Å²) in [7, 11) is 6.23. The summed E-state index contributed by atoms with van der Waals surface area (Å²) in [6.07, 6.45) is 4.40.